The van der Waals surface area contributed by atoms with Crippen molar-refractivity contribution in [2.45, 2.75) is 13.3 Å². The molecular weight excluding hydrogens is 286 g/mol. The molecule has 0 aliphatic rings. The summed E-state index contributed by atoms with van der Waals surface area (Å²) >= 11 is 3.61. The summed E-state index contributed by atoms with van der Waals surface area (Å²) in [5.74, 6) is 0. The van der Waals surface area contributed by atoms with E-state index in [2.05, 4.69) is 47.3 Å². The Kier molecular flexibility index (Phi) is 6.47. The standard InChI is InChI=1S/C16H21NOS2/c1-3-13(11-17-6-7-18-2)9-15-10-14(12-20-15)16-5-4-8-19-16/h4-5,8-10,12,17H,3,6-7,11H2,1-2H3. The third-order valence-corrected chi connectivity index (χ3v) is 4.86. The van der Waals surface area contributed by atoms with Gasteiger partial charge >= 0.3 is 0 Å². The molecule has 0 amide bonds. The molecule has 0 aliphatic carbocycles. The van der Waals surface area contributed by atoms with Crippen LogP contribution in [-0.4, -0.2) is 26.8 Å². The molecule has 0 fully saturated rings. The molecule has 108 valence electrons. The fourth-order valence-electron chi connectivity index (χ4n) is 1.90. The second kappa shape index (κ2) is 8.37. The molecule has 0 spiro atoms. The summed E-state index contributed by atoms with van der Waals surface area (Å²) in [5.41, 5.74) is 2.76. The predicted molar refractivity (Wildman–Crippen MR) is 90.6 cm³/mol. The van der Waals surface area contributed by atoms with Crippen LogP contribution in [0.4, 0.5) is 0 Å². The molecule has 1 N–H and O–H groups in total. The quantitative estimate of drug-likeness (QED) is 0.725. The maximum absolute atomic E-state index is 5.04. The highest BCUT2D eigenvalue weighted by atomic mass is 32.1. The van der Waals surface area contributed by atoms with Gasteiger partial charge in [0.05, 0.1) is 6.61 Å². The van der Waals surface area contributed by atoms with Gasteiger partial charge in [0.1, 0.15) is 0 Å². The van der Waals surface area contributed by atoms with Crippen LogP contribution in [0.2, 0.25) is 0 Å². The molecule has 0 aliphatic heterocycles. The monoisotopic (exact) mass is 307 g/mol. The number of thiophene rings is 2. The molecule has 0 radical (unpaired) electrons. The van der Waals surface area contributed by atoms with Crippen molar-refractivity contribution in [2.75, 3.05) is 26.8 Å². The topological polar surface area (TPSA) is 21.3 Å². The lowest BCUT2D eigenvalue weighted by Gasteiger charge is -2.06. The Balaban J connectivity index is 1.97. The van der Waals surface area contributed by atoms with Crippen LogP contribution in [0, 0.1) is 0 Å². The Morgan fingerprint density at radius 2 is 2.30 bits per heavy atom. The predicted octanol–water partition coefficient (Wildman–Crippen LogP) is 4.51. The molecule has 0 atom stereocenters. The van der Waals surface area contributed by atoms with Gasteiger partial charge in [-0.05, 0) is 35.4 Å². The van der Waals surface area contributed by atoms with Crippen LogP contribution in [0.5, 0.6) is 0 Å². The molecule has 2 rings (SSSR count). The summed E-state index contributed by atoms with van der Waals surface area (Å²) in [6, 6.07) is 6.55. The number of rotatable bonds is 8. The molecule has 2 aromatic heterocycles. The third kappa shape index (κ3) is 4.56. The second-order valence-corrected chi connectivity index (χ2v) is 6.43. The maximum atomic E-state index is 5.04. The summed E-state index contributed by atoms with van der Waals surface area (Å²) < 4.78 is 5.04. The molecule has 0 saturated heterocycles. The molecule has 0 saturated carbocycles. The third-order valence-electron chi connectivity index (χ3n) is 3.06. The molecule has 0 unspecified atom stereocenters. The van der Waals surface area contributed by atoms with Gasteiger partial charge < -0.3 is 10.1 Å². The van der Waals surface area contributed by atoms with Gasteiger partial charge in [-0.1, -0.05) is 18.6 Å². The maximum Gasteiger partial charge on any atom is 0.0587 e. The minimum absolute atomic E-state index is 0.762. The van der Waals surface area contributed by atoms with E-state index in [1.54, 1.807) is 18.4 Å². The van der Waals surface area contributed by atoms with Gasteiger partial charge in [-0.2, -0.15) is 0 Å². The van der Waals surface area contributed by atoms with Crippen LogP contribution < -0.4 is 5.32 Å². The van der Waals surface area contributed by atoms with Crippen molar-refractivity contribution in [3.63, 3.8) is 0 Å². The lowest BCUT2D eigenvalue weighted by atomic mass is 10.1. The van der Waals surface area contributed by atoms with Gasteiger partial charge in [0.25, 0.3) is 0 Å². The Bertz CT molecular complexity index is 528. The molecule has 2 heterocycles. The number of ether oxygens (including phenoxy) is 1. The first-order valence-electron chi connectivity index (χ1n) is 6.85. The van der Waals surface area contributed by atoms with E-state index in [-0.39, 0.29) is 0 Å². The lowest BCUT2D eigenvalue weighted by Crippen LogP contribution is -2.21. The van der Waals surface area contributed by atoms with Gasteiger partial charge in [-0.3, -0.25) is 0 Å². The molecular formula is C16H21NOS2. The molecule has 20 heavy (non-hydrogen) atoms. The first kappa shape index (κ1) is 15.4. The zero-order valence-electron chi connectivity index (χ0n) is 12.0. The largest absolute Gasteiger partial charge is 0.383 e. The van der Waals surface area contributed by atoms with Gasteiger partial charge in [0, 0.05) is 35.5 Å². The second-order valence-electron chi connectivity index (χ2n) is 4.54. The highest BCUT2D eigenvalue weighted by molar-refractivity contribution is 7.15. The minimum Gasteiger partial charge on any atom is -0.383 e. The van der Waals surface area contributed by atoms with Crippen LogP contribution in [0.1, 0.15) is 18.2 Å². The zero-order chi connectivity index (χ0) is 14.2. The highest BCUT2D eigenvalue weighted by Crippen LogP contribution is 2.30. The van der Waals surface area contributed by atoms with Crippen molar-refractivity contribution in [3.8, 4) is 10.4 Å². The minimum atomic E-state index is 0.762. The van der Waals surface area contributed by atoms with E-state index < -0.39 is 0 Å². The van der Waals surface area contributed by atoms with Crippen molar-refractivity contribution in [1.82, 2.24) is 5.32 Å². The smallest absolute Gasteiger partial charge is 0.0587 e. The van der Waals surface area contributed by atoms with Gasteiger partial charge in [0.2, 0.25) is 0 Å². The summed E-state index contributed by atoms with van der Waals surface area (Å²) in [6.45, 7) is 4.81. The number of methoxy groups -OCH3 is 1. The fraction of sp³-hybridized carbons (Fsp3) is 0.375. The Hall–Kier alpha value is -0.940. The van der Waals surface area contributed by atoms with E-state index in [1.165, 1.54) is 20.9 Å². The van der Waals surface area contributed by atoms with E-state index in [9.17, 15) is 0 Å². The lowest BCUT2D eigenvalue weighted by molar-refractivity contribution is 0.200. The first-order chi connectivity index (χ1) is 9.83. The number of hydrogen-bond donors (Lipinski definition) is 1. The van der Waals surface area contributed by atoms with Crippen LogP contribution in [-0.2, 0) is 4.74 Å². The van der Waals surface area contributed by atoms with Crippen LogP contribution in [0.25, 0.3) is 16.5 Å². The normalized spacial score (nSPS) is 12.0. The van der Waals surface area contributed by atoms with Crippen molar-refractivity contribution >= 4 is 28.7 Å². The van der Waals surface area contributed by atoms with Crippen molar-refractivity contribution in [2.24, 2.45) is 0 Å². The summed E-state index contributed by atoms with van der Waals surface area (Å²) in [7, 11) is 1.73. The Morgan fingerprint density at radius 3 is 3.00 bits per heavy atom. The van der Waals surface area contributed by atoms with Crippen molar-refractivity contribution < 1.29 is 4.74 Å². The Labute approximate surface area is 129 Å². The van der Waals surface area contributed by atoms with E-state index in [1.807, 2.05) is 11.3 Å². The SMILES string of the molecule is CCC(=Cc1cc(-c2cccs2)cs1)CNCCOC. The average molecular weight is 307 g/mol. The van der Waals surface area contributed by atoms with Gasteiger partial charge in [-0.15, -0.1) is 22.7 Å². The van der Waals surface area contributed by atoms with E-state index >= 15 is 0 Å². The van der Waals surface area contributed by atoms with Crippen LogP contribution >= 0.6 is 22.7 Å². The molecule has 0 aromatic carbocycles. The fourth-order valence-corrected chi connectivity index (χ4v) is 3.58. The van der Waals surface area contributed by atoms with Crippen molar-refractivity contribution in [1.29, 1.82) is 0 Å². The summed E-state index contributed by atoms with van der Waals surface area (Å²) in [6.07, 6.45) is 3.38. The van der Waals surface area contributed by atoms with E-state index in [0.29, 0.717) is 0 Å². The summed E-state index contributed by atoms with van der Waals surface area (Å²) in [4.78, 5) is 2.68. The van der Waals surface area contributed by atoms with Crippen LogP contribution in [0.3, 0.4) is 0 Å². The van der Waals surface area contributed by atoms with Crippen LogP contribution in [0.15, 0.2) is 34.5 Å². The Morgan fingerprint density at radius 1 is 1.40 bits per heavy atom. The van der Waals surface area contributed by atoms with E-state index in [4.69, 9.17) is 4.74 Å². The molecule has 0 bridgehead atoms. The van der Waals surface area contributed by atoms with Gasteiger partial charge in [-0.25, -0.2) is 0 Å². The zero-order valence-corrected chi connectivity index (χ0v) is 13.7. The average Bonchev–Trinajstić information content (AvgIpc) is 3.12. The summed E-state index contributed by atoms with van der Waals surface area (Å²) in [5, 5.41) is 7.77. The molecule has 2 nitrogen and oxygen atoms in total. The molecule has 2 aromatic rings. The van der Waals surface area contributed by atoms with Crippen molar-refractivity contribution in [3.05, 3.63) is 39.4 Å². The first-order valence-corrected chi connectivity index (χ1v) is 8.61. The van der Waals surface area contributed by atoms with Gasteiger partial charge in [0.15, 0.2) is 0 Å². The highest BCUT2D eigenvalue weighted by Gasteiger charge is 2.03. The number of hydrogen-bond acceptors (Lipinski definition) is 4. The van der Waals surface area contributed by atoms with E-state index in [0.717, 1.165) is 26.1 Å². The number of nitrogens with one attached hydrogen (secondary N) is 1. The molecule has 4 heteroatoms.